The molecule has 1 aliphatic rings. The molecule has 2 heteroatoms. The Morgan fingerprint density at radius 3 is 2.72 bits per heavy atom. The molecule has 1 rings (SSSR count). The summed E-state index contributed by atoms with van der Waals surface area (Å²) in [4.78, 5) is 2.70. The fourth-order valence-electron chi connectivity index (χ4n) is 2.94. The van der Waals surface area contributed by atoms with E-state index in [-0.39, 0.29) is 0 Å². The maximum absolute atomic E-state index is 3.58. The van der Waals surface area contributed by atoms with Crippen molar-refractivity contribution in [2.24, 2.45) is 5.41 Å². The van der Waals surface area contributed by atoms with Gasteiger partial charge in [-0.2, -0.15) is 0 Å². The van der Waals surface area contributed by atoms with Crippen LogP contribution >= 0.6 is 0 Å². The van der Waals surface area contributed by atoms with Gasteiger partial charge in [0.05, 0.1) is 0 Å². The molecule has 1 N–H and O–H groups in total. The summed E-state index contributed by atoms with van der Waals surface area (Å²) >= 11 is 0. The van der Waals surface area contributed by atoms with Crippen molar-refractivity contribution in [1.82, 2.24) is 10.2 Å². The van der Waals surface area contributed by atoms with E-state index in [4.69, 9.17) is 0 Å². The Balaban J connectivity index is 2.33. The maximum atomic E-state index is 3.58. The van der Waals surface area contributed by atoms with Crippen molar-refractivity contribution < 1.29 is 0 Å². The van der Waals surface area contributed by atoms with Crippen molar-refractivity contribution >= 4 is 0 Å². The quantitative estimate of drug-likeness (QED) is 0.728. The lowest BCUT2D eigenvalue weighted by Crippen LogP contribution is -2.42. The van der Waals surface area contributed by atoms with Crippen molar-refractivity contribution in [1.29, 1.82) is 0 Å². The van der Waals surface area contributed by atoms with E-state index in [9.17, 15) is 0 Å². The smallest absolute Gasteiger partial charge is 0.00509 e. The predicted octanol–water partition coefficient (Wildman–Crippen LogP) is 3.67. The van der Waals surface area contributed by atoms with E-state index in [1.807, 2.05) is 0 Å². The van der Waals surface area contributed by atoms with E-state index in [2.05, 4.69) is 37.9 Å². The standard InChI is InChI=1S/C16H34N2/c1-5-6-7-10-16(3,4)14-18-12-8-11-17-15(2)9-13-18/h15,17H,5-14H2,1-4H3. The molecule has 1 atom stereocenters. The van der Waals surface area contributed by atoms with Gasteiger partial charge >= 0.3 is 0 Å². The number of unbranched alkanes of at least 4 members (excludes halogenated alkanes) is 2. The Bertz CT molecular complexity index is 213. The van der Waals surface area contributed by atoms with Gasteiger partial charge in [0.1, 0.15) is 0 Å². The van der Waals surface area contributed by atoms with Crippen molar-refractivity contribution in [2.45, 2.75) is 72.3 Å². The Kier molecular flexibility index (Phi) is 7.25. The first kappa shape index (κ1) is 16.0. The number of hydrogen-bond donors (Lipinski definition) is 1. The summed E-state index contributed by atoms with van der Waals surface area (Å²) in [5, 5.41) is 3.58. The molecule has 2 nitrogen and oxygen atoms in total. The molecule has 0 aromatic carbocycles. The van der Waals surface area contributed by atoms with Crippen LogP contribution in [0, 0.1) is 5.41 Å². The highest BCUT2D eigenvalue weighted by Crippen LogP contribution is 2.25. The summed E-state index contributed by atoms with van der Waals surface area (Å²) in [7, 11) is 0. The predicted molar refractivity (Wildman–Crippen MR) is 81.1 cm³/mol. The van der Waals surface area contributed by atoms with Crippen LogP contribution in [0.4, 0.5) is 0 Å². The second kappa shape index (κ2) is 8.16. The first-order valence-electron chi connectivity index (χ1n) is 7.99. The molecule has 1 saturated heterocycles. The third kappa shape index (κ3) is 6.75. The second-order valence-electron chi connectivity index (χ2n) is 6.89. The van der Waals surface area contributed by atoms with E-state index in [0.29, 0.717) is 11.5 Å². The third-order valence-electron chi connectivity index (χ3n) is 4.13. The first-order valence-corrected chi connectivity index (χ1v) is 7.99. The van der Waals surface area contributed by atoms with E-state index in [1.165, 1.54) is 64.7 Å². The van der Waals surface area contributed by atoms with Crippen LogP contribution in [0.15, 0.2) is 0 Å². The normalized spacial score (nSPS) is 23.7. The molecule has 1 unspecified atom stereocenters. The van der Waals surface area contributed by atoms with Crippen LogP contribution in [0.3, 0.4) is 0 Å². The van der Waals surface area contributed by atoms with Crippen LogP contribution in [0.1, 0.15) is 66.2 Å². The molecule has 0 saturated carbocycles. The molecule has 0 aliphatic carbocycles. The number of nitrogens with zero attached hydrogens (tertiary/aromatic N) is 1. The van der Waals surface area contributed by atoms with Gasteiger partial charge in [0.25, 0.3) is 0 Å². The van der Waals surface area contributed by atoms with E-state index in [0.717, 1.165) is 0 Å². The van der Waals surface area contributed by atoms with Crippen molar-refractivity contribution in [2.75, 3.05) is 26.2 Å². The van der Waals surface area contributed by atoms with Crippen LogP contribution in [-0.4, -0.2) is 37.1 Å². The molecule has 108 valence electrons. The van der Waals surface area contributed by atoms with Crippen molar-refractivity contribution in [3.8, 4) is 0 Å². The minimum atomic E-state index is 0.491. The zero-order valence-corrected chi connectivity index (χ0v) is 13.1. The zero-order valence-electron chi connectivity index (χ0n) is 13.1. The molecule has 0 bridgehead atoms. The van der Waals surface area contributed by atoms with Crippen LogP contribution < -0.4 is 5.32 Å². The fourth-order valence-corrected chi connectivity index (χ4v) is 2.94. The van der Waals surface area contributed by atoms with Gasteiger partial charge in [-0.15, -0.1) is 0 Å². The van der Waals surface area contributed by atoms with Crippen LogP contribution in [0.2, 0.25) is 0 Å². The third-order valence-corrected chi connectivity index (χ3v) is 4.13. The van der Waals surface area contributed by atoms with Crippen molar-refractivity contribution in [3.63, 3.8) is 0 Å². The van der Waals surface area contributed by atoms with Gasteiger partial charge in [-0.1, -0.05) is 40.0 Å². The van der Waals surface area contributed by atoms with Gasteiger partial charge in [-0.05, 0) is 51.2 Å². The molecule has 1 fully saturated rings. The maximum Gasteiger partial charge on any atom is 0.00509 e. The average molecular weight is 254 g/mol. The summed E-state index contributed by atoms with van der Waals surface area (Å²) in [6.07, 6.45) is 8.11. The monoisotopic (exact) mass is 254 g/mol. The lowest BCUT2D eigenvalue weighted by atomic mass is 9.86. The van der Waals surface area contributed by atoms with E-state index >= 15 is 0 Å². The summed E-state index contributed by atoms with van der Waals surface area (Å²) < 4.78 is 0. The van der Waals surface area contributed by atoms with E-state index < -0.39 is 0 Å². The van der Waals surface area contributed by atoms with Crippen LogP contribution in [0.5, 0.6) is 0 Å². The molecule has 1 aliphatic heterocycles. The highest BCUT2D eigenvalue weighted by molar-refractivity contribution is 4.77. The van der Waals surface area contributed by atoms with Crippen LogP contribution in [-0.2, 0) is 0 Å². The molecule has 18 heavy (non-hydrogen) atoms. The number of hydrogen-bond acceptors (Lipinski definition) is 2. The highest BCUT2D eigenvalue weighted by atomic mass is 15.1. The van der Waals surface area contributed by atoms with E-state index in [1.54, 1.807) is 0 Å². The average Bonchev–Trinajstić information content (AvgIpc) is 2.28. The van der Waals surface area contributed by atoms with Gasteiger partial charge in [-0.25, -0.2) is 0 Å². The van der Waals surface area contributed by atoms with Crippen LogP contribution in [0.25, 0.3) is 0 Å². The van der Waals surface area contributed by atoms with Gasteiger partial charge < -0.3 is 10.2 Å². The minimum Gasteiger partial charge on any atom is -0.314 e. The molecule has 0 spiro atoms. The molecular weight excluding hydrogens is 220 g/mol. The van der Waals surface area contributed by atoms with Crippen molar-refractivity contribution in [3.05, 3.63) is 0 Å². The number of rotatable bonds is 6. The summed E-state index contributed by atoms with van der Waals surface area (Å²) in [5.41, 5.74) is 0.491. The summed E-state index contributed by atoms with van der Waals surface area (Å²) in [5.74, 6) is 0. The second-order valence-corrected chi connectivity index (χ2v) is 6.89. The number of nitrogens with one attached hydrogen (secondary N) is 1. The Morgan fingerprint density at radius 2 is 2.00 bits per heavy atom. The largest absolute Gasteiger partial charge is 0.314 e. The van der Waals surface area contributed by atoms with Gasteiger partial charge in [-0.3, -0.25) is 0 Å². The lowest BCUT2D eigenvalue weighted by Gasteiger charge is -2.35. The molecule has 0 amide bonds. The van der Waals surface area contributed by atoms with Gasteiger partial charge in [0.2, 0.25) is 0 Å². The zero-order chi connectivity index (χ0) is 13.4. The first-order chi connectivity index (χ1) is 8.53. The summed E-state index contributed by atoms with van der Waals surface area (Å²) in [6.45, 7) is 14.5. The summed E-state index contributed by atoms with van der Waals surface area (Å²) in [6, 6.07) is 0.691. The molecule has 0 aromatic rings. The topological polar surface area (TPSA) is 15.3 Å². The fraction of sp³-hybridized carbons (Fsp3) is 1.00. The molecular formula is C16H34N2. The molecule has 0 aromatic heterocycles. The lowest BCUT2D eigenvalue weighted by molar-refractivity contribution is 0.151. The Hall–Kier alpha value is -0.0800. The molecule has 1 heterocycles. The Labute approximate surface area is 115 Å². The molecule has 0 radical (unpaired) electrons. The Morgan fingerprint density at radius 1 is 1.22 bits per heavy atom. The highest BCUT2D eigenvalue weighted by Gasteiger charge is 2.22. The van der Waals surface area contributed by atoms with Gasteiger partial charge in [0.15, 0.2) is 0 Å². The SMILES string of the molecule is CCCCCC(C)(C)CN1CCCNC(C)CC1. The van der Waals surface area contributed by atoms with Gasteiger partial charge in [0, 0.05) is 12.6 Å². The minimum absolute atomic E-state index is 0.491.